The molecule has 0 atom stereocenters. The number of hydrogen-bond acceptors (Lipinski definition) is 6. The first-order valence-electron chi connectivity index (χ1n) is 9.49. The number of aryl methyl sites for hydroxylation is 1. The molecule has 0 unspecified atom stereocenters. The predicted molar refractivity (Wildman–Crippen MR) is 120 cm³/mol. The third-order valence-electron chi connectivity index (χ3n) is 4.68. The second-order valence-electron chi connectivity index (χ2n) is 6.83. The molecule has 3 aromatic carbocycles. The third-order valence-corrected chi connectivity index (χ3v) is 6.47. The Kier molecular flexibility index (Phi) is 6.74. The van der Waals surface area contributed by atoms with E-state index in [-0.39, 0.29) is 22.0 Å². The molecular formula is C22H21N3O6S. The molecule has 0 saturated carbocycles. The maximum absolute atomic E-state index is 13.3. The van der Waals surface area contributed by atoms with Gasteiger partial charge in [0, 0.05) is 12.1 Å². The van der Waals surface area contributed by atoms with Crippen LogP contribution >= 0.6 is 0 Å². The van der Waals surface area contributed by atoms with Crippen LogP contribution in [0.25, 0.3) is 0 Å². The average Bonchev–Trinajstić information content (AvgIpc) is 2.79. The molecule has 1 N–H and O–H groups in total. The van der Waals surface area contributed by atoms with Crippen molar-refractivity contribution in [1.29, 1.82) is 0 Å². The van der Waals surface area contributed by atoms with Crippen molar-refractivity contribution in [2.75, 3.05) is 23.3 Å². The van der Waals surface area contributed by atoms with Crippen LogP contribution in [0.2, 0.25) is 0 Å². The molecule has 3 rings (SSSR count). The van der Waals surface area contributed by atoms with Crippen molar-refractivity contribution in [1.82, 2.24) is 0 Å². The highest BCUT2D eigenvalue weighted by molar-refractivity contribution is 7.92. The van der Waals surface area contributed by atoms with E-state index < -0.39 is 27.4 Å². The second-order valence-corrected chi connectivity index (χ2v) is 8.69. The van der Waals surface area contributed by atoms with E-state index in [2.05, 4.69) is 5.32 Å². The van der Waals surface area contributed by atoms with Crippen LogP contribution in [0.15, 0.2) is 77.7 Å². The van der Waals surface area contributed by atoms with E-state index in [0.717, 1.165) is 4.31 Å². The van der Waals surface area contributed by atoms with Crippen LogP contribution in [0, 0.1) is 17.0 Å². The largest absolute Gasteiger partial charge is 0.497 e. The molecule has 10 heteroatoms. The number of methoxy groups -OCH3 is 1. The number of hydrogen-bond donors (Lipinski definition) is 1. The van der Waals surface area contributed by atoms with Gasteiger partial charge < -0.3 is 10.1 Å². The number of benzene rings is 3. The zero-order chi connectivity index (χ0) is 23.3. The quantitative estimate of drug-likeness (QED) is 0.408. The van der Waals surface area contributed by atoms with Crippen LogP contribution in [0.5, 0.6) is 5.75 Å². The molecule has 3 aromatic rings. The number of amides is 1. The summed E-state index contributed by atoms with van der Waals surface area (Å²) < 4.78 is 32.7. The molecule has 0 heterocycles. The Morgan fingerprint density at radius 3 is 2.31 bits per heavy atom. The summed E-state index contributed by atoms with van der Waals surface area (Å²) in [5, 5.41) is 13.6. The lowest BCUT2D eigenvalue weighted by molar-refractivity contribution is -0.384. The Balaban J connectivity index is 1.94. The first-order valence-corrected chi connectivity index (χ1v) is 10.9. The van der Waals surface area contributed by atoms with E-state index in [9.17, 15) is 23.3 Å². The van der Waals surface area contributed by atoms with Crippen molar-refractivity contribution in [2.24, 2.45) is 0 Å². The first kappa shape index (κ1) is 22.8. The summed E-state index contributed by atoms with van der Waals surface area (Å²) in [4.78, 5) is 23.3. The number of nitro benzene ring substituents is 1. The summed E-state index contributed by atoms with van der Waals surface area (Å²) in [6.45, 7) is 1.15. The van der Waals surface area contributed by atoms with Gasteiger partial charge >= 0.3 is 0 Å². The van der Waals surface area contributed by atoms with Crippen LogP contribution in [0.3, 0.4) is 0 Å². The molecule has 0 bridgehead atoms. The number of rotatable bonds is 8. The van der Waals surface area contributed by atoms with Gasteiger partial charge in [0.05, 0.1) is 28.3 Å². The topological polar surface area (TPSA) is 119 Å². The molecular weight excluding hydrogens is 434 g/mol. The second kappa shape index (κ2) is 9.48. The maximum atomic E-state index is 13.3. The summed E-state index contributed by atoms with van der Waals surface area (Å²) in [6.07, 6.45) is 0. The van der Waals surface area contributed by atoms with Gasteiger partial charge in [-0.15, -0.1) is 0 Å². The number of nitrogens with zero attached hydrogens (tertiary/aromatic N) is 2. The summed E-state index contributed by atoms with van der Waals surface area (Å²) in [6, 6.07) is 18.1. The van der Waals surface area contributed by atoms with Crippen molar-refractivity contribution in [3.8, 4) is 5.75 Å². The molecule has 0 aliphatic heterocycles. The summed E-state index contributed by atoms with van der Waals surface area (Å²) >= 11 is 0. The average molecular weight is 455 g/mol. The third kappa shape index (κ3) is 5.03. The number of nitro groups is 1. The fraction of sp³-hybridized carbons (Fsp3) is 0.136. The molecule has 0 radical (unpaired) electrons. The lowest BCUT2D eigenvalue weighted by Crippen LogP contribution is -2.38. The number of ether oxygens (including phenoxy) is 1. The van der Waals surface area contributed by atoms with Crippen LogP contribution in [-0.4, -0.2) is 32.9 Å². The minimum Gasteiger partial charge on any atom is -0.497 e. The van der Waals surface area contributed by atoms with Gasteiger partial charge in [-0.05, 0) is 48.9 Å². The highest BCUT2D eigenvalue weighted by Gasteiger charge is 2.27. The van der Waals surface area contributed by atoms with Crippen molar-refractivity contribution in [3.05, 3.63) is 88.5 Å². The van der Waals surface area contributed by atoms with Gasteiger partial charge in [-0.1, -0.05) is 24.3 Å². The summed E-state index contributed by atoms with van der Waals surface area (Å²) in [5.41, 5.74) is 0.914. The van der Waals surface area contributed by atoms with Crippen LogP contribution < -0.4 is 14.4 Å². The van der Waals surface area contributed by atoms with Gasteiger partial charge in [0.1, 0.15) is 12.3 Å². The number of carbonyl (C=O) groups is 1. The predicted octanol–water partition coefficient (Wildman–Crippen LogP) is 3.75. The molecule has 0 fully saturated rings. The highest BCUT2D eigenvalue weighted by atomic mass is 32.2. The summed E-state index contributed by atoms with van der Waals surface area (Å²) in [7, 11) is -2.58. The Labute approximate surface area is 185 Å². The molecule has 0 aliphatic carbocycles. The minimum atomic E-state index is -4.07. The molecule has 9 nitrogen and oxygen atoms in total. The van der Waals surface area contributed by atoms with Gasteiger partial charge in [-0.25, -0.2) is 8.42 Å². The number of anilines is 2. The highest BCUT2D eigenvalue weighted by Crippen LogP contribution is 2.26. The Morgan fingerprint density at radius 1 is 1.06 bits per heavy atom. The number of non-ortho nitro benzene ring substituents is 1. The minimum absolute atomic E-state index is 0.0233. The van der Waals surface area contributed by atoms with Crippen molar-refractivity contribution >= 4 is 33.0 Å². The molecule has 1 amide bonds. The lowest BCUT2D eigenvalue weighted by atomic mass is 10.2. The molecule has 32 heavy (non-hydrogen) atoms. The maximum Gasteiger partial charge on any atom is 0.271 e. The van der Waals surface area contributed by atoms with E-state index in [1.165, 1.54) is 49.6 Å². The van der Waals surface area contributed by atoms with Crippen molar-refractivity contribution in [3.63, 3.8) is 0 Å². The molecule has 0 aliphatic rings. The molecule has 0 aromatic heterocycles. The Bertz CT molecular complexity index is 1230. The van der Waals surface area contributed by atoms with Gasteiger partial charge in [-0.2, -0.15) is 0 Å². The van der Waals surface area contributed by atoms with E-state index in [4.69, 9.17) is 4.74 Å². The lowest BCUT2D eigenvalue weighted by Gasteiger charge is -2.24. The first-order chi connectivity index (χ1) is 15.2. The number of nitrogens with one attached hydrogen (secondary N) is 1. The van der Waals surface area contributed by atoms with Crippen molar-refractivity contribution in [2.45, 2.75) is 11.8 Å². The number of carbonyl (C=O) groups excluding carboxylic acids is 1. The Morgan fingerprint density at radius 2 is 1.72 bits per heavy atom. The SMILES string of the molecule is COc1ccc(N(CC(=O)Nc2cc([N+](=O)[O-])ccc2C)S(=O)(=O)c2ccccc2)cc1. The van der Waals surface area contributed by atoms with Crippen LogP contribution in [-0.2, 0) is 14.8 Å². The van der Waals surface area contributed by atoms with Gasteiger partial charge in [0.2, 0.25) is 5.91 Å². The van der Waals surface area contributed by atoms with Crippen molar-refractivity contribution < 1.29 is 22.9 Å². The molecule has 0 spiro atoms. The normalized spacial score (nSPS) is 10.9. The van der Waals surface area contributed by atoms with Crippen LogP contribution in [0.4, 0.5) is 17.1 Å². The fourth-order valence-corrected chi connectivity index (χ4v) is 4.40. The fourth-order valence-electron chi connectivity index (χ4n) is 2.96. The van der Waals surface area contributed by atoms with E-state index in [0.29, 0.717) is 11.3 Å². The van der Waals surface area contributed by atoms with Crippen LogP contribution in [0.1, 0.15) is 5.56 Å². The molecule has 166 valence electrons. The van der Waals surface area contributed by atoms with Gasteiger partial charge in [-0.3, -0.25) is 19.2 Å². The Hall–Kier alpha value is -3.92. The zero-order valence-corrected chi connectivity index (χ0v) is 18.2. The molecule has 0 saturated heterocycles. The van der Waals surface area contributed by atoms with E-state index in [1.807, 2.05) is 0 Å². The van der Waals surface area contributed by atoms with Gasteiger partial charge in [0.15, 0.2) is 0 Å². The monoisotopic (exact) mass is 455 g/mol. The smallest absolute Gasteiger partial charge is 0.271 e. The van der Waals surface area contributed by atoms with E-state index >= 15 is 0 Å². The summed E-state index contributed by atoms with van der Waals surface area (Å²) in [5.74, 6) is -0.119. The van der Waals surface area contributed by atoms with E-state index in [1.54, 1.807) is 37.3 Å². The standard InChI is InChI=1S/C22H21N3O6S/c1-16-8-9-18(25(27)28)14-21(16)23-22(26)15-24(17-10-12-19(31-2)13-11-17)32(29,30)20-6-4-3-5-7-20/h3-14H,15H2,1-2H3,(H,23,26). The number of sulfonamides is 1. The zero-order valence-electron chi connectivity index (χ0n) is 17.4. The van der Waals surface area contributed by atoms with Gasteiger partial charge in [0.25, 0.3) is 15.7 Å².